The molecule has 2 aromatic rings. The van der Waals surface area contributed by atoms with E-state index in [0.29, 0.717) is 11.4 Å². The van der Waals surface area contributed by atoms with E-state index < -0.39 is 10.0 Å². The van der Waals surface area contributed by atoms with Crippen LogP contribution in [0.25, 0.3) is 0 Å². The van der Waals surface area contributed by atoms with Crippen molar-refractivity contribution in [3.63, 3.8) is 0 Å². The van der Waals surface area contributed by atoms with E-state index in [1.54, 1.807) is 38.4 Å². The van der Waals surface area contributed by atoms with Crippen molar-refractivity contribution in [1.29, 1.82) is 0 Å². The van der Waals surface area contributed by atoms with Crippen molar-refractivity contribution in [3.05, 3.63) is 42.5 Å². The van der Waals surface area contributed by atoms with Crippen molar-refractivity contribution in [2.24, 2.45) is 0 Å². The van der Waals surface area contributed by atoms with Gasteiger partial charge in [0.15, 0.2) is 0 Å². The van der Waals surface area contributed by atoms with Crippen molar-refractivity contribution < 1.29 is 8.42 Å². The largest absolute Gasteiger partial charge is 0.387 e. The van der Waals surface area contributed by atoms with Crippen LogP contribution in [0.15, 0.2) is 41.7 Å². The summed E-state index contributed by atoms with van der Waals surface area (Å²) in [6, 6.07) is 4.86. The Morgan fingerprint density at radius 2 is 2.00 bits per heavy atom. The average molecular weight is 278 g/mol. The molecular formula is C12H14N4O2S. The lowest BCUT2D eigenvalue weighted by molar-refractivity contribution is 0.601. The normalized spacial score (nSPS) is 11.1. The van der Waals surface area contributed by atoms with Gasteiger partial charge in [0, 0.05) is 31.3 Å². The van der Waals surface area contributed by atoms with Crippen LogP contribution in [0.3, 0.4) is 0 Å². The van der Waals surface area contributed by atoms with Gasteiger partial charge < -0.3 is 5.32 Å². The molecule has 0 saturated heterocycles. The summed E-state index contributed by atoms with van der Waals surface area (Å²) < 4.78 is 27.1. The summed E-state index contributed by atoms with van der Waals surface area (Å²) in [6.07, 6.45) is 4.39. The minimum absolute atomic E-state index is 0.104. The smallest absolute Gasteiger partial charge is 0.265 e. The van der Waals surface area contributed by atoms with Gasteiger partial charge in [0.05, 0.1) is 11.4 Å². The van der Waals surface area contributed by atoms with Gasteiger partial charge in [0.25, 0.3) is 10.0 Å². The molecule has 6 nitrogen and oxygen atoms in total. The molecule has 0 saturated carbocycles. The number of nitrogens with zero attached hydrogens (tertiary/aromatic N) is 2. The fourth-order valence-corrected chi connectivity index (χ4v) is 2.83. The zero-order chi connectivity index (χ0) is 13.9. The number of hydrogen-bond donors (Lipinski definition) is 2. The van der Waals surface area contributed by atoms with Gasteiger partial charge in [0.1, 0.15) is 4.90 Å². The van der Waals surface area contributed by atoms with Gasteiger partial charge in [-0.25, -0.2) is 8.42 Å². The van der Waals surface area contributed by atoms with Crippen LogP contribution >= 0.6 is 0 Å². The second-order valence-corrected chi connectivity index (χ2v) is 5.56. The highest BCUT2D eigenvalue weighted by molar-refractivity contribution is 7.92. The SMILES string of the molecule is CNc1ccncc1S(=O)(=O)Nc1ccnc(C)c1. The Balaban J connectivity index is 2.38. The van der Waals surface area contributed by atoms with Crippen LogP contribution in [0.5, 0.6) is 0 Å². The monoisotopic (exact) mass is 278 g/mol. The molecule has 100 valence electrons. The van der Waals surface area contributed by atoms with Crippen molar-refractivity contribution in [2.75, 3.05) is 17.1 Å². The molecule has 0 atom stereocenters. The maximum Gasteiger partial charge on any atom is 0.265 e. The van der Waals surface area contributed by atoms with Crippen LogP contribution < -0.4 is 10.0 Å². The van der Waals surface area contributed by atoms with E-state index in [4.69, 9.17) is 0 Å². The number of aromatic nitrogens is 2. The molecule has 0 amide bonds. The fourth-order valence-electron chi connectivity index (χ4n) is 1.62. The molecule has 2 aromatic heterocycles. The van der Waals surface area contributed by atoms with Crippen molar-refractivity contribution in [2.45, 2.75) is 11.8 Å². The van der Waals surface area contributed by atoms with E-state index in [2.05, 4.69) is 20.0 Å². The van der Waals surface area contributed by atoms with E-state index >= 15 is 0 Å². The number of rotatable bonds is 4. The Morgan fingerprint density at radius 1 is 1.21 bits per heavy atom. The number of aryl methyl sites for hydroxylation is 1. The van der Waals surface area contributed by atoms with E-state index in [-0.39, 0.29) is 4.90 Å². The Morgan fingerprint density at radius 3 is 2.68 bits per heavy atom. The number of hydrogen-bond acceptors (Lipinski definition) is 5. The van der Waals surface area contributed by atoms with E-state index in [1.807, 2.05) is 0 Å². The minimum Gasteiger partial charge on any atom is -0.387 e. The first-order valence-corrected chi connectivity index (χ1v) is 7.08. The molecule has 0 spiro atoms. The number of sulfonamides is 1. The second-order valence-electron chi connectivity index (χ2n) is 3.91. The highest BCUT2D eigenvalue weighted by Gasteiger charge is 2.18. The van der Waals surface area contributed by atoms with E-state index in [9.17, 15) is 8.42 Å². The maximum atomic E-state index is 12.3. The first-order valence-electron chi connectivity index (χ1n) is 5.60. The molecule has 7 heteroatoms. The summed E-state index contributed by atoms with van der Waals surface area (Å²) in [7, 11) is -2.02. The second kappa shape index (κ2) is 5.23. The molecule has 0 aliphatic carbocycles. The fraction of sp³-hybridized carbons (Fsp3) is 0.167. The van der Waals surface area contributed by atoms with Gasteiger partial charge in [-0.2, -0.15) is 0 Å². The third kappa shape index (κ3) is 3.00. The van der Waals surface area contributed by atoms with E-state index in [1.165, 1.54) is 12.4 Å². The minimum atomic E-state index is -3.68. The summed E-state index contributed by atoms with van der Waals surface area (Å²) in [6.45, 7) is 1.79. The summed E-state index contributed by atoms with van der Waals surface area (Å²) in [4.78, 5) is 7.97. The molecule has 0 aliphatic heterocycles. The first-order chi connectivity index (χ1) is 9.03. The van der Waals surface area contributed by atoms with Crippen LogP contribution in [0.2, 0.25) is 0 Å². The average Bonchev–Trinajstić information content (AvgIpc) is 2.38. The maximum absolute atomic E-state index is 12.3. The van der Waals surface area contributed by atoms with Crippen LogP contribution in [0.4, 0.5) is 11.4 Å². The Bertz CT molecular complexity index is 686. The zero-order valence-corrected chi connectivity index (χ0v) is 11.4. The molecule has 0 aliphatic rings. The third-order valence-electron chi connectivity index (χ3n) is 2.49. The molecule has 0 unspecified atom stereocenters. The third-order valence-corrected chi connectivity index (χ3v) is 3.90. The molecule has 2 rings (SSSR count). The topological polar surface area (TPSA) is 84.0 Å². The lowest BCUT2D eigenvalue weighted by Gasteiger charge is -2.11. The van der Waals surface area contributed by atoms with E-state index in [0.717, 1.165) is 5.69 Å². The molecule has 0 fully saturated rings. The van der Waals surface area contributed by atoms with Crippen LogP contribution in [-0.2, 0) is 10.0 Å². The summed E-state index contributed by atoms with van der Waals surface area (Å²) in [5.41, 5.74) is 1.70. The number of pyridine rings is 2. The molecule has 2 heterocycles. The summed E-state index contributed by atoms with van der Waals surface area (Å²) in [5, 5.41) is 2.83. The molecule has 0 radical (unpaired) electrons. The highest BCUT2D eigenvalue weighted by atomic mass is 32.2. The lowest BCUT2D eigenvalue weighted by atomic mass is 10.3. The van der Waals surface area contributed by atoms with Gasteiger partial charge in [0.2, 0.25) is 0 Å². The molecule has 0 aromatic carbocycles. The predicted octanol–water partition coefficient (Wildman–Crippen LogP) is 1.63. The van der Waals surface area contributed by atoms with Gasteiger partial charge >= 0.3 is 0 Å². The number of nitrogens with one attached hydrogen (secondary N) is 2. The Labute approximate surface area is 112 Å². The van der Waals surface area contributed by atoms with Crippen molar-refractivity contribution in [3.8, 4) is 0 Å². The van der Waals surface area contributed by atoms with Gasteiger partial charge in [-0.05, 0) is 25.1 Å². The summed E-state index contributed by atoms with van der Waals surface area (Å²) in [5.74, 6) is 0. The zero-order valence-electron chi connectivity index (χ0n) is 10.6. The van der Waals surface area contributed by atoms with Gasteiger partial charge in [-0.15, -0.1) is 0 Å². The number of anilines is 2. The summed E-state index contributed by atoms with van der Waals surface area (Å²) >= 11 is 0. The van der Waals surface area contributed by atoms with Gasteiger partial charge in [-0.3, -0.25) is 14.7 Å². The van der Waals surface area contributed by atoms with Crippen LogP contribution in [0, 0.1) is 6.92 Å². The van der Waals surface area contributed by atoms with Crippen LogP contribution in [0.1, 0.15) is 5.69 Å². The highest BCUT2D eigenvalue weighted by Crippen LogP contribution is 2.22. The molecule has 2 N–H and O–H groups in total. The molecule has 19 heavy (non-hydrogen) atoms. The lowest BCUT2D eigenvalue weighted by Crippen LogP contribution is -2.15. The molecule has 0 bridgehead atoms. The van der Waals surface area contributed by atoms with Crippen molar-refractivity contribution in [1.82, 2.24) is 9.97 Å². The Kier molecular flexibility index (Phi) is 3.66. The standard InChI is InChI=1S/C12H14N4O2S/c1-9-7-10(3-6-15-9)16-19(17,18)12-8-14-5-4-11(12)13-2/h3-8H,1-2H3,(H,13,14)(H,15,16). The first kappa shape index (κ1) is 13.3. The quantitative estimate of drug-likeness (QED) is 0.888. The molecular weight excluding hydrogens is 264 g/mol. The van der Waals surface area contributed by atoms with Crippen LogP contribution in [-0.4, -0.2) is 25.4 Å². The van der Waals surface area contributed by atoms with Crippen molar-refractivity contribution >= 4 is 21.4 Å². The Hall–Kier alpha value is -2.15. The van der Waals surface area contributed by atoms with Gasteiger partial charge in [-0.1, -0.05) is 0 Å². The predicted molar refractivity (Wildman–Crippen MR) is 73.6 cm³/mol.